The van der Waals surface area contributed by atoms with Gasteiger partial charge >= 0.3 is 0 Å². The highest BCUT2D eigenvalue weighted by molar-refractivity contribution is 5.95. The number of rotatable bonds is 5. The van der Waals surface area contributed by atoms with Crippen molar-refractivity contribution in [3.63, 3.8) is 0 Å². The van der Waals surface area contributed by atoms with Crippen molar-refractivity contribution >= 4 is 11.7 Å². The fourth-order valence-corrected chi connectivity index (χ4v) is 2.48. The Morgan fingerprint density at radius 1 is 1.35 bits per heavy atom. The largest absolute Gasteiger partial charge is 0.494 e. The second kappa shape index (κ2) is 6.55. The van der Waals surface area contributed by atoms with Crippen LogP contribution in [0, 0.1) is 5.82 Å². The molecule has 1 saturated carbocycles. The topological polar surface area (TPSA) is 38.3 Å². The quantitative estimate of drug-likeness (QED) is 0.836. The highest BCUT2D eigenvalue weighted by Gasteiger charge is 2.19. The number of nitrogens with one attached hydrogen (secondary N) is 1. The van der Waals surface area contributed by atoms with E-state index in [0.29, 0.717) is 23.5 Å². The molecule has 0 saturated heterocycles. The summed E-state index contributed by atoms with van der Waals surface area (Å²) in [5.41, 5.74) is 0.816. The Morgan fingerprint density at radius 2 is 2.00 bits per heavy atom. The van der Waals surface area contributed by atoms with Gasteiger partial charge in [-0.2, -0.15) is 0 Å². The molecule has 1 aliphatic carbocycles. The van der Waals surface area contributed by atoms with E-state index in [1.54, 1.807) is 6.07 Å². The molecule has 0 bridgehead atoms. The predicted octanol–water partition coefficient (Wildman–Crippen LogP) is 3.51. The van der Waals surface area contributed by atoms with Crippen molar-refractivity contribution in [2.24, 2.45) is 0 Å². The van der Waals surface area contributed by atoms with Crippen LogP contribution in [0.15, 0.2) is 24.8 Å². The van der Waals surface area contributed by atoms with Gasteiger partial charge in [0.15, 0.2) is 0 Å². The number of carbonyl (C=O) groups is 1. The highest BCUT2D eigenvalue weighted by Crippen LogP contribution is 2.20. The molecule has 2 rings (SSSR count). The molecule has 1 N–H and O–H groups in total. The van der Waals surface area contributed by atoms with E-state index in [0.717, 1.165) is 25.7 Å². The van der Waals surface area contributed by atoms with E-state index in [2.05, 4.69) is 11.9 Å². The number of hydrogen-bond donors (Lipinski definition) is 1. The van der Waals surface area contributed by atoms with Crippen LogP contribution in [0.5, 0.6) is 0 Å². The van der Waals surface area contributed by atoms with E-state index >= 15 is 0 Å². The van der Waals surface area contributed by atoms with E-state index < -0.39 is 5.82 Å². The zero-order valence-corrected chi connectivity index (χ0v) is 11.7. The van der Waals surface area contributed by atoms with E-state index in [-0.39, 0.29) is 11.9 Å². The molecule has 0 aliphatic heterocycles. The van der Waals surface area contributed by atoms with Crippen LogP contribution in [0.25, 0.3) is 5.76 Å². The van der Waals surface area contributed by atoms with Crippen LogP contribution in [0.3, 0.4) is 0 Å². The van der Waals surface area contributed by atoms with Crippen molar-refractivity contribution in [2.75, 3.05) is 6.61 Å². The molecule has 0 radical (unpaired) electrons. The predicted molar refractivity (Wildman–Crippen MR) is 76.8 cm³/mol. The molecule has 1 amide bonds. The minimum absolute atomic E-state index is 0.212. The van der Waals surface area contributed by atoms with Gasteiger partial charge < -0.3 is 10.1 Å². The molecule has 0 aromatic heterocycles. The number of halogens is 1. The molecule has 1 aromatic carbocycles. The zero-order chi connectivity index (χ0) is 14.5. The van der Waals surface area contributed by atoms with Crippen LogP contribution < -0.4 is 5.32 Å². The Morgan fingerprint density at radius 3 is 2.65 bits per heavy atom. The minimum Gasteiger partial charge on any atom is -0.494 e. The van der Waals surface area contributed by atoms with E-state index in [1.165, 1.54) is 12.1 Å². The summed E-state index contributed by atoms with van der Waals surface area (Å²) >= 11 is 0. The van der Waals surface area contributed by atoms with Gasteiger partial charge in [0.05, 0.1) is 6.61 Å². The van der Waals surface area contributed by atoms with Crippen molar-refractivity contribution in [3.8, 4) is 0 Å². The first kappa shape index (κ1) is 14.6. The second-order valence-corrected chi connectivity index (χ2v) is 5.04. The van der Waals surface area contributed by atoms with E-state index in [1.807, 2.05) is 6.92 Å². The molecular weight excluding hydrogens is 257 g/mol. The summed E-state index contributed by atoms with van der Waals surface area (Å²) in [6.07, 6.45) is 4.28. The van der Waals surface area contributed by atoms with Crippen molar-refractivity contribution in [1.29, 1.82) is 0 Å². The molecule has 0 heterocycles. The molecule has 1 fully saturated rings. The summed E-state index contributed by atoms with van der Waals surface area (Å²) in [7, 11) is 0. The third-order valence-electron chi connectivity index (χ3n) is 3.49. The molecule has 1 aliphatic rings. The molecule has 20 heavy (non-hydrogen) atoms. The average Bonchev–Trinajstić information content (AvgIpc) is 2.91. The number of benzene rings is 1. The van der Waals surface area contributed by atoms with Crippen molar-refractivity contribution in [2.45, 2.75) is 38.6 Å². The van der Waals surface area contributed by atoms with Gasteiger partial charge in [0.1, 0.15) is 11.6 Å². The summed E-state index contributed by atoms with van der Waals surface area (Å²) < 4.78 is 18.9. The Hall–Kier alpha value is -1.84. The number of amides is 1. The van der Waals surface area contributed by atoms with Crippen molar-refractivity contribution in [3.05, 3.63) is 41.7 Å². The van der Waals surface area contributed by atoms with E-state index in [4.69, 9.17) is 4.74 Å². The molecule has 1 aromatic rings. The van der Waals surface area contributed by atoms with Crippen LogP contribution in [-0.4, -0.2) is 18.6 Å². The maximum absolute atomic E-state index is 13.6. The van der Waals surface area contributed by atoms with Crippen LogP contribution in [0.2, 0.25) is 0 Å². The van der Waals surface area contributed by atoms with E-state index in [9.17, 15) is 9.18 Å². The molecule has 3 nitrogen and oxygen atoms in total. The van der Waals surface area contributed by atoms with Gasteiger partial charge in [0.25, 0.3) is 5.91 Å². The third-order valence-corrected chi connectivity index (χ3v) is 3.49. The van der Waals surface area contributed by atoms with Crippen LogP contribution in [-0.2, 0) is 4.74 Å². The van der Waals surface area contributed by atoms with Gasteiger partial charge in [-0.25, -0.2) is 4.39 Å². The number of ether oxygens (including phenoxy) is 1. The standard InChI is InChI=1S/C16H20FNO2/c1-3-20-11(2)12-8-13(10-14(17)9-12)16(19)18-15-6-4-5-7-15/h8-10,15H,2-7H2,1H3,(H,18,19). The Bertz CT molecular complexity index is 507. The van der Waals surface area contributed by atoms with Gasteiger partial charge in [-0.05, 0) is 38.0 Å². The molecule has 0 spiro atoms. The first-order valence-corrected chi connectivity index (χ1v) is 7.03. The summed E-state index contributed by atoms with van der Waals surface area (Å²) in [5, 5.41) is 2.94. The maximum Gasteiger partial charge on any atom is 0.251 e. The van der Waals surface area contributed by atoms with Crippen molar-refractivity contribution < 1.29 is 13.9 Å². The minimum atomic E-state index is -0.458. The molecule has 4 heteroatoms. The fraction of sp³-hybridized carbons (Fsp3) is 0.438. The van der Waals surface area contributed by atoms with Crippen LogP contribution in [0.1, 0.15) is 48.5 Å². The molecule has 108 valence electrons. The van der Waals surface area contributed by atoms with Gasteiger partial charge in [0, 0.05) is 17.2 Å². The third kappa shape index (κ3) is 3.59. The summed E-state index contributed by atoms with van der Waals surface area (Å²) in [4.78, 5) is 12.1. The lowest BCUT2D eigenvalue weighted by molar-refractivity contribution is 0.0937. The van der Waals surface area contributed by atoms with Crippen molar-refractivity contribution in [1.82, 2.24) is 5.32 Å². The Kier molecular flexibility index (Phi) is 4.77. The number of hydrogen-bond acceptors (Lipinski definition) is 2. The van der Waals surface area contributed by atoms with Gasteiger partial charge in [-0.1, -0.05) is 19.4 Å². The summed E-state index contributed by atoms with van der Waals surface area (Å²) in [6.45, 7) is 6.03. The average molecular weight is 277 g/mol. The maximum atomic E-state index is 13.6. The van der Waals surface area contributed by atoms with Gasteiger partial charge in [0.2, 0.25) is 0 Å². The molecule has 0 unspecified atom stereocenters. The highest BCUT2D eigenvalue weighted by atomic mass is 19.1. The number of carbonyl (C=O) groups excluding carboxylic acids is 1. The Labute approximate surface area is 118 Å². The SMILES string of the molecule is C=C(OCC)c1cc(F)cc(C(=O)NC2CCCC2)c1. The zero-order valence-electron chi connectivity index (χ0n) is 11.7. The van der Waals surface area contributed by atoms with Gasteiger partial charge in [-0.15, -0.1) is 0 Å². The lowest BCUT2D eigenvalue weighted by atomic mass is 10.1. The second-order valence-electron chi connectivity index (χ2n) is 5.04. The lowest BCUT2D eigenvalue weighted by Gasteiger charge is -2.13. The van der Waals surface area contributed by atoms with Crippen LogP contribution >= 0.6 is 0 Å². The lowest BCUT2D eigenvalue weighted by Crippen LogP contribution is -2.32. The summed E-state index contributed by atoms with van der Waals surface area (Å²) in [5.74, 6) is -0.316. The Balaban J connectivity index is 2.14. The molecule has 0 atom stereocenters. The van der Waals surface area contributed by atoms with Crippen LogP contribution in [0.4, 0.5) is 4.39 Å². The van der Waals surface area contributed by atoms with Gasteiger partial charge in [-0.3, -0.25) is 4.79 Å². The molecular formula is C16H20FNO2. The first-order chi connectivity index (χ1) is 9.60. The fourth-order valence-electron chi connectivity index (χ4n) is 2.48. The monoisotopic (exact) mass is 277 g/mol. The smallest absolute Gasteiger partial charge is 0.251 e. The first-order valence-electron chi connectivity index (χ1n) is 7.03. The summed E-state index contributed by atoms with van der Waals surface area (Å²) in [6, 6.07) is 4.40. The normalized spacial score (nSPS) is 15.1.